The average Bonchev–Trinajstić information content (AvgIpc) is 2.74. The Balaban J connectivity index is 2.05. The molecule has 1 heterocycles. The van der Waals surface area contributed by atoms with Gasteiger partial charge in [0.25, 0.3) is 0 Å². The molecule has 1 aliphatic rings. The molecule has 0 aromatic carbocycles. The lowest BCUT2D eigenvalue weighted by Crippen LogP contribution is -2.25. The summed E-state index contributed by atoms with van der Waals surface area (Å²) in [5.41, 5.74) is 0. The number of cyclic esters (lactones) is 1. The maximum atomic E-state index is 11.2. The van der Waals surface area contributed by atoms with E-state index in [0.29, 0.717) is 6.42 Å². The molecule has 0 amide bonds. The maximum Gasteiger partial charge on any atom is 0.347 e. The summed E-state index contributed by atoms with van der Waals surface area (Å²) < 4.78 is 18.9. The van der Waals surface area contributed by atoms with E-state index < -0.39 is 24.0 Å². The summed E-state index contributed by atoms with van der Waals surface area (Å²) in [5.74, 6) is -1.76. The number of hydrogen-bond donors (Lipinski definition) is 0. The molecular formula is C11H14O7. The van der Waals surface area contributed by atoms with Gasteiger partial charge in [0.15, 0.2) is 0 Å². The highest BCUT2D eigenvalue weighted by Gasteiger charge is 2.29. The Morgan fingerprint density at radius 3 is 2.83 bits per heavy atom. The molecular weight excluding hydrogens is 244 g/mol. The van der Waals surface area contributed by atoms with Crippen LogP contribution in [0, 0.1) is 0 Å². The lowest BCUT2D eigenvalue weighted by molar-refractivity contribution is -0.163. The second kappa shape index (κ2) is 7.44. The lowest BCUT2D eigenvalue weighted by Gasteiger charge is -2.08. The maximum absolute atomic E-state index is 11.2. The van der Waals surface area contributed by atoms with E-state index in [1.165, 1.54) is 0 Å². The molecule has 7 heteroatoms. The molecule has 0 saturated carbocycles. The minimum atomic E-state index is -0.834. The molecule has 1 aliphatic heterocycles. The van der Waals surface area contributed by atoms with Crippen LogP contribution in [-0.4, -0.2) is 50.4 Å². The van der Waals surface area contributed by atoms with E-state index in [2.05, 4.69) is 16.1 Å². The number of carbonyl (C=O) groups excluding carboxylic acids is 3. The topological polar surface area (TPSA) is 88.1 Å². The fourth-order valence-corrected chi connectivity index (χ4v) is 1.19. The second-order valence-corrected chi connectivity index (χ2v) is 3.36. The molecule has 1 atom stereocenters. The Hall–Kier alpha value is -1.89. The molecule has 1 saturated heterocycles. The van der Waals surface area contributed by atoms with Crippen molar-refractivity contribution < 1.29 is 33.3 Å². The number of rotatable bonds is 7. The van der Waals surface area contributed by atoms with E-state index in [1.807, 2.05) is 0 Å². The first-order valence-electron chi connectivity index (χ1n) is 5.36. The summed E-state index contributed by atoms with van der Waals surface area (Å²) in [5, 5.41) is 0. The van der Waals surface area contributed by atoms with Gasteiger partial charge >= 0.3 is 17.9 Å². The summed E-state index contributed by atoms with van der Waals surface area (Å²) >= 11 is 0. The van der Waals surface area contributed by atoms with Crippen LogP contribution in [0.15, 0.2) is 12.7 Å². The quantitative estimate of drug-likeness (QED) is 0.265. The third-order valence-electron chi connectivity index (χ3n) is 2.02. The van der Waals surface area contributed by atoms with Crippen molar-refractivity contribution in [3.63, 3.8) is 0 Å². The molecule has 100 valence electrons. The van der Waals surface area contributed by atoms with Gasteiger partial charge in [0.2, 0.25) is 6.10 Å². The van der Waals surface area contributed by atoms with Gasteiger partial charge in [-0.15, -0.1) is 0 Å². The van der Waals surface area contributed by atoms with Crippen molar-refractivity contribution in [3.05, 3.63) is 12.7 Å². The molecule has 0 aliphatic carbocycles. The van der Waals surface area contributed by atoms with E-state index in [9.17, 15) is 14.4 Å². The van der Waals surface area contributed by atoms with E-state index in [0.717, 1.165) is 6.08 Å². The number of carbonyl (C=O) groups is 3. The summed E-state index contributed by atoms with van der Waals surface area (Å²) in [6.07, 6.45) is 0.557. The molecule has 1 unspecified atom stereocenters. The van der Waals surface area contributed by atoms with Gasteiger partial charge < -0.3 is 18.9 Å². The van der Waals surface area contributed by atoms with E-state index >= 15 is 0 Å². The number of esters is 3. The number of ether oxygens (including phenoxy) is 4. The van der Waals surface area contributed by atoms with Gasteiger partial charge in [-0.25, -0.2) is 14.4 Å². The standard InChI is InChI=1S/C11H14O7/c1-2-9(12)16-6-5-15-7-10(13)18-8-3-4-17-11(8)14/h2,8H,1,3-7H2. The SMILES string of the molecule is C=CC(=O)OCCOCC(=O)OC1CCOC1=O. The predicted molar refractivity (Wildman–Crippen MR) is 57.4 cm³/mol. The van der Waals surface area contributed by atoms with Crippen LogP contribution in [-0.2, 0) is 33.3 Å². The van der Waals surface area contributed by atoms with Crippen LogP contribution in [0.4, 0.5) is 0 Å². The summed E-state index contributed by atoms with van der Waals surface area (Å²) in [4.78, 5) is 32.8. The summed E-state index contributed by atoms with van der Waals surface area (Å²) in [7, 11) is 0. The van der Waals surface area contributed by atoms with Crippen LogP contribution in [0.25, 0.3) is 0 Å². The highest BCUT2D eigenvalue weighted by molar-refractivity contribution is 5.81. The molecule has 7 nitrogen and oxygen atoms in total. The molecule has 1 fully saturated rings. The van der Waals surface area contributed by atoms with Crippen molar-refractivity contribution in [1.82, 2.24) is 0 Å². The van der Waals surface area contributed by atoms with Crippen LogP contribution in [0.5, 0.6) is 0 Å². The van der Waals surface area contributed by atoms with E-state index in [-0.39, 0.29) is 26.4 Å². The smallest absolute Gasteiger partial charge is 0.347 e. The fourth-order valence-electron chi connectivity index (χ4n) is 1.19. The van der Waals surface area contributed by atoms with Crippen LogP contribution in [0.1, 0.15) is 6.42 Å². The molecule has 18 heavy (non-hydrogen) atoms. The molecule has 0 aromatic heterocycles. The second-order valence-electron chi connectivity index (χ2n) is 3.36. The third-order valence-corrected chi connectivity index (χ3v) is 2.02. The Morgan fingerprint density at radius 2 is 2.22 bits per heavy atom. The molecule has 0 spiro atoms. The minimum absolute atomic E-state index is 0.0175. The highest BCUT2D eigenvalue weighted by atomic mass is 16.6. The van der Waals surface area contributed by atoms with Gasteiger partial charge in [0.05, 0.1) is 13.2 Å². The Morgan fingerprint density at radius 1 is 1.44 bits per heavy atom. The third kappa shape index (κ3) is 4.96. The zero-order valence-electron chi connectivity index (χ0n) is 9.76. The van der Waals surface area contributed by atoms with Crippen molar-refractivity contribution in [2.24, 2.45) is 0 Å². The van der Waals surface area contributed by atoms with Crippen molar-refractivity contribution >= 4 is 17.9 Å². The fraction of sp³-hybridized carbons (Fsp3) is 0.545. The first-order valence-corrected chi connectivity index (χ1v) is 5.36. The van der Waals surface area contributed by atoms with Crippen molar-refractivity contribution in [1.29, 1.82) is 0 Å². The van der Waals surface area contributed by atoms with Crippen LogP contribution in [0.2, 0.25) is 0 Å². The molecule has 1 rings (SSSR count). The van der Waals surface area contributed by atoms with Gasteiger partial charge in [-0.1, -0.05) is 6.58 Å². The van der Waals surface area contributed by atoms with Crippen molar-refractivity contribution in [3.8, 4) is 0 Å². The Labute approximate surface area is 104 Å². The molecule has 0 bridgehead atoms. The van der Waals surface area contributed by atoms with Crippen LogP contribution < -0.4 is 0 Å². The van der Waals surface area contributed by atoms with Gasteiger partial charge in [-0.05, 0) is 0 Å². The van der Waals surface area contributed by atoms with Gasteiger partial charge in [0.1, 0.15) is 13.2 Å². The summed E-state index contributed by atoms with van der Waals surface area (Å²) in [6, 6.07) is 0. The van der Waals surface area contributed by atoms with Gasteiger partial charge in [-0.2, -0.15) is 0 Å². The normalized spacial score (nSPS) is 18.0. The monoisotopic (exact) mass is 258 g/mol. The first-order chi connectivity index (χ1) is 8.63. The Kier molecular flexibility index (Phi) is 5.86. The van der Waals surface area contributed by atoms with Crippen LogP contribution >= 0.6 is 0 Å². The lowest BCUT2D eigenvalue weighted by atomic mass is 10.3. The first kappa shape index (κ1) is 14.2. The van der Waals surface area contributed by atoms with Gasteiger partial charge in [-0.3, -0.25) is 0 Å². The average molecular weight is 258 g/mol. The molecule has 0 N–H and O–H groups in total. The van der Waals surface area contributed by atoms with Crippen LogP contribution in [0.3, 0.4) is 0 Å². The van der Waals surface area contributed by atoms with E-state index in [1.54, 1.807) is 0 Å². The molecule has 0 aromatic rings. The highest BCUT2D eigenvalue weighted by Crippen LogP contribution is 2.10. The number of hydrogen-bond acceptors (Lipinski definition) is 7. The zero-order chi connectivity index (χ0) is 13.4. The minimum Gasteiger partial charge on any atom is -0.463 e. The zero-order valence-corrected chi connectivity index (χ0v) is 9.76. The van der Waals surface area contributed by atoms with Gasteiger partial charge in [0, 0.05) is 12.5 Å². The van der Waals surface area contributed by atoms with Crippen molar-refractivity contribution in [2.75, 3.05) is 26.4 Å². The summed E-state index contributed by atoms with van der Waals surface area (Å²) in [6.45, 7) is 3.24. The predicted octanol–water partition coefficient (Wildman–Crippen LogP) is -0.409. The van der Waals surface area contributed by atoms with Crippen molar-refractivity contribution in [2.45, 2.75) is 12.5 Å². The van der Waals surface area contributed by atoms with E-state index in [4.69, 9.17) is 9.47 Å². The molecule has 0 radical (unpaired) electrons. The Bertz CT molecular complexity index is 336. The largest absolute Gasteiger partial charge is 0.463 e.